The van der Waals surface area contributed by atoms with Crippen molar-refractivity contribution in [1.29, 1.82) is 0 Å². The molecular weight excluding hydrogens is 374 g/mol. The number of anilines is 1. The van der Waals surface area contributed by atoms with Crippen LogP contribution < -0.4 is 9.64 Å². The molecule has 8 heteroatoms. The number of pyridine rings is 1. The van der Waals surface area contributed by atoms with Crippen LogP contribution >= 0.6 is 11.6 Å². The van der Waals surface area contributed by atoms with Gasteiger partial charge in [-0.25, -0.2) is 4.39 Å². The van der Waals surface area contributed by atoms with Crippen molar-refractivity contribution in [3.05, 3.63) is 52.4 Å². The second-order valence-electron chi connectivity index (χ2n) is 6.70. The van der Waals surface area contributed by atoms with Crippen LogP contribution in [0, 0.1) is 18.6 Å². The summed E-state index contributed by atoms with van der Waals surface area (Å²) < 4.78 is 34.5. The Labute approximate surface area is 160 Å². The highest BCUT2D eigenvalue weighted by molar-refractivity contribution is 6.36. The molecule has 0 aliphatic carbocycles. The van der Waals surface area contributed by atoms with E-state index in [4.69, 9.17) is 16.3 Å². The predicted octanol–water partition coefficient (Wildman–Crippen LogP) is 4.36. The Morgan fingerprint density at radius 3 is 2.59 bits per heavy atom. The van der Waals surface area contributed by atoms with E-state index in [-0.39, 0.29) is 11.7 Å². The molecule has 3 aromatic rings. The van der Waals surface area contributed by atoms with Crippen molar-refractivity contribution in [3.63, 3.8) is 0 Å². The van der Waals surface area contributed by atoms with E-state index in [1.807, 2.05) is 23.6 Å². The van der Waals surface area contributed by atoms with Crippen LogP contribution in [0.5, 0.6) is 5.75 Å². The summed E-state index contributed by atoms with van der Waals surface area (Å²) in [6.45, 7) is 3.36. The van der Waals surface area contributed by atoms with Crippen LogP contribution in [0.25, 0.3) is 5.65 Å². The van der Waals surface area contributed by atoms with E-state index in [1.54, 1.807) is 6.07 Å². The van der Waals surface area contributed by atoms with Crippen LogP contribution in [0.2, 0.25) is 5.02 Å². The van der Waals surface area contributed by atoms with Crippen LogP contribution in [-0.4, -0.2) is 34.8 Å². The van der Waals surface area contributed by atoms with Gasteiger partial charge in [-0.1, -0.05) is 17.7 Å². The molecule has 0 unspecified atom stereocenters. The van der Waals surface area contributed by atoms with Crippen LogP contribution in [0.4, 0.5) is 14.5 Å². The van der Waals surface area contributed by atoms with Crippen molar-refractivity contribution in [2.75, 3.05) is 25.1 Å². The lowest BCUT2D eigenvalue weighted by molar-refractivity contribution is 0.358. The van der Waals surface area contributed by atoms with Gasteiger partial charge in [-0.05, 0) is 37.8 Å². The molecule has 1 aliphatic heterocycles. The summed E-state index contributed by atoms with van der Waals surface area (Å²) in [5, 5.41) is 8.77. The third kappa shape index (κ3) is 3.00. The number of nitrogens with zero attached hydrogens (tertiary/aromatic N) is 4. The van der Waals surface area contributed by atoms with Crippen molar-refractivity contribution >= 4 is 22.9 Å². The monoisotopic (exact) mass is 392 g/mol. The van der Waals surface area contributed by atoms with Gasteiger partial charge >= 0.3 is 0 Å². The van der Waals surface area contributed by atoms with E-state index in [0.29, 0.717) is 16.2 Å². The Morgan fingerprint density at radius 1 is 1.15 bits per heavy atom. The minimum Gasteiger partial charge on any atom is -0.493 e. The Bertz CT molecular complexity index is 999. The van der Waals surface area contributed by atoms with Gasteiger partial charge in [0, 0.05) is 24.8 Å². The Hall–Kier alpha value is -2.41. The molecule has 3 heterocycles. The number of halogens is 3. The standard InChI is InChI=1S/C19H19ClF2N4O/c1-11-23-24-19-16(20)15(7-10-26(11)19)25-8-5-12(6-9-25)13-3-4-14(21)17(22)18(13)27-2/h3-4,7,10,12H,5-6,8-9H2,1-2H3. The zero-order chi connectivity index (χ0) is 19.1. The Balaban J connectivity index is 1.56. The fourth-order valence-corrected chi connectivity index (χ4v) is 4.09. The summed E-state index contributed by atoms with van der Waals surface area (Å²) in [6, 6.07) is 4.75. The summed E-state index contributed by atoms with van der Waals surface area (Å²) in [7, 11) is 1.37. The van der Waals surface area contributed by atoms with Gasteiger partial charge in [-0.2, -0.15) is 4.39 Å². The van der Waals surface area contributed by atoms with Crippen LogP contribution in [0.1, 0.15) is 30.1 Å². The molecule has 0 saturated carbocycles. The minimum atomic E-state index is -0.923. The minimum absolute atomic E-state index is 0.00633. The molecule has 0 atom stereocenters. The second-order valence-corrected chi connectivity index (χ2v) is 7.08. The predicted molar refractivity (Wildman–Crippen MR) is 99.8 cm³/mol. The lowest BCUT2D eigenvalue weighted by Crippen LogP contribution is -2.33. The fraction of sp³-hybridized carbons (Fsp3) is 0.368. The third-order valence-electron chi connectivity index (χ3n) is 5.23. The zero-order valence-electron chi connectivity index (χ0n) is 15.0. The second kappa shape index (κ2) is 6.96. The van der Waals surface area contributed by atoms with Gasteiger partial charge in [-0.15, -0.1) is 10.2 Å². The molecule has 0 spiro atoms. The van der Waals surface area contributed by atoms with Gasteiger partial charge in [0.25, 0.3) is 0 Å². The number of hydrogen-bond acceptors (Lipinski definition) is 4. The zero-order valence-corrected chi connectivity index (χ0v) is 15.8. The number of rotatable bonds is 3. The van der Waals surface area contributed by atoms with E-state index in [1.165, 1.54) is 7.11 Å². The highest BCUT2D eigenvalue weighted by Crippen LogP contribution is 2.39. The molecule has 5 nitrogen and oxygen atoms in total. The number of aryl methyl sites for hydroxylation is 1. The molecule has 0 bridgehead atoms. The molecule has 1 fully saturated rings. The number of fused-ring (bicyclic) bond motifs is 1. The lowest BCUT2D eigenvalue weighted by atomic mass is 9.88. The smallest absolute Gasteiger partial charge is 0.200 e. The topological polar surface area (TPSA) is 42.7 Å². The van der Waals surface area contributed by atoms with E-state index >= 15 is 0 Å². The molecule has 1 saturated heterocycles. The van der Waals surface area contributed by atoms with E-state index in [0.717, 1.165) is 43.5 Å². The molecule has 0 radical (unpaired) electrons. The number of benzene rings is 1. The quantitative estimate of drug-likeness (QED) is 0.664. The first kappa shape index (κ1) is 18.0. The molecule has 0 N–H and O–H groups in total. The van der Waals surface area contributed by atoms with Crippen molar-refractivity contribution < 1.29 is 13.5 Å². The van der Waals surface area contributed by atoms with Gasteiger partial charge in [-0.3, -0.25) is 4.40 Å². The van der Waals surface area contributed by atoms with Crippen molar-refractivity contribution in [2.24, 2.45) is 0 Å². The number of aromatic nitrogens is 3. The van der Waals surface area contributed by atoms with Crippen LogP contribution in [0.3, 0.4) is 0 Å². The summed E-state index contributed by atoms with van der Waals surface area (Å²) in [6.07, 6.45) is 3.49. The van der Waals surface area contributed by atoms with Gasteiger partial charge in [0.1, 0.15) is 10.8 Å². The molecule has 0 amide bonds. The van der Waals surface area contributed by atoms with Gasteiger partial charge in [0.05, 0.1) is 12.8 Å². The van der Waals surface area contributed by atoms with Crippen molar-refractivity contribution in [2.45, 2.75) is 25.7 Å². The number of methoxy groups -OCH3 is 1. The average molecular weight is 393 g/mol. The van der Waals surface area contributed by atoms with Gasteiger partial charge < -0.3 is 9.64 Å². The van der Waals surface area contributed by atoms with E-state index < -0.39 is 11.6 Å². The van der Waals surface area contributed by atoms with Crippen LogP contribution in [0.15, 0.2) is 24.4 Å². The van der Waals surface area contributed by atoms with Crippen molar-refractivity contribution in [3.8, 4) is 5.75 Å². The van der Waals surface area contributed by atoms with E-state index in [9.17, 15) is 8.78 Å². The highest BCUT2D eigenvalue weighted by atomic mass is 35.5. The molecular formula is C19H19ClF2N4O. The molecule has 142 valence electrons. The van der Waals surface area contributed by atoms with Gasteiger partial charge in [0.2, 0.25) is 5.82 Å². The maximum absolute atomic E-state index is 14.0. The number of piperidine rings is 1. The summed E-state index contributed by atoms with van der Waals surface area (Å²) in [5.74, 6) is -0.927. The fourth-order valence-electron chi connectivity index (χ4n) is 3.78. The van der Waals surface area contributed by atoms with Crippen LogP contribution in [-0.2, 0) is 0 Å². The summed E-state index contributed by atoms with van der Waals surface area (Å²) in [4.78, 5) is 2.19. The molecule has 2 aromatic heterocycles. The molecule has 27 heavy (non-hydrogen) atoms. The summed E-state index contributed by atoms with van der Waals surface area (Å²) >= 11 is 6.55. The molecule has 1 aromatic carbocycles. The number of ether oxygens (including phenoxy) is 1. The lowest BCUT2D eigenvalue weighted by Gasteiger charge is -2.34. The van der Waals surface area contributed by atoms with E-state index in [2.05, 4.69) is 15.1 Å². The Kier molecular flexibility index (Phi) is 4.63. The first-order valence-electron chi connectivity index (χ1n) is 8.78. The first-order chi connectivity index (χ1) is 13.0. The maximum atomic E-state index is 14.0. The first-order valence-corrected chi connectivity index (χ1v) is 9.15. The van der Waals surface area contributed by atoms with Gasteiger partial charge in [0.15, 0.2) is 17.2 Å². The van der Waals surface area contributed by atoms with Crippen molar-refractivity contribution in [1.82, 2.24) is 14.6 Å². The largest absolute Gasteiger partial charge is 0.493 e. The SMILES string of the molecule is COc1c(C2CCN(c3ccn4c(C)nnc4c3Cl)CC2)ccc(F)c1F. The summed E-state index contributed by atoms with van der Waals surface area (Å²) in [5.41, 5.74) is 2.26. The molecule has 1 aliphatic rings. The average Bonchev–Trinajstić information content (AvgIpc) is 3.06. The normalized spacial score (nSPS) is 15.5. The number of hydrogen-bond donors (Lipinski definition) is 0. The Morgan fingerprint density at radius 2 is 1.89 bits per heavy atom. The third-order valence-corrected chi connectivity index (χ3v) is 5.59. The highest BCUT2D eigenvalue weighted by Gasteiger charge is 2.27. The maximum Gasteiger partial charge on any atom is 0.200 e. The molecule has 4 rings (SSSR count).